The van der Waals surface area contributed by atoms with Crippen LogP contribution in [0.25, 0.3) is 0 Å². The summed E-state index contributed by atoms with van der Waals surface area (Å²) in [5.41, 5.74) is 1.33. The summed E-state index contributed by atoms with van der Waals surface area (Å²) in [4.78, 5) is 15.2. The van der Waals surface area contributed by atoms with E-state index in [1.165, 1.54) is 12.3 Å². The highest BCUT2D eigenvalue weighted by molar-refractivity contribution is 9.10. The minimum absolute atomic E-state index is 0.202. The number of amides is 2. The molecule has 7 heteroatoms. The molecule has 2 rings (SSSR count). The summed E-state index contributed by atoms with van der Waals surface area (Å²) in [7, 11) is 0. The van der Waals surface area contributed by atoms with E-state index in [1.54, 1.807) is 18.2 Å². The fourth-order valence-corrected chi connectivity index (χ4v) is 1.93. The van der Waals surface area contributed by atoms with Crippen molar-refractivity contribution in [1.29, 1.82) is 0 Å². The van der Waals surface area contributed by atoms with Gasteiger partial charge in [-0.1, -0.05) is 22.0 Å². The van der Waals surface area contributed by atoms with Crippen molar-refractivity contribution >= 4 is 33.3 Å². The Morgan fingerprint density at radius 1 is 1.30 bits per heavy atom. The number of rotatable bonds is 3. The predicted molar refractivity (Wildman–Crippen MR) is 76.9 cm³/mol. The highest BCUT2D eigenvalue weighted by Gasteiger charge is 2.08. The van der Waals surface area contributed by atoms with E-state index in [-0.39, 0.29) is 12.3 Å². The van der Waals surface area contributed by atoms with Crippen molar-refractivity contribution in [2.24, 2.45) is 0 Å². The Morgan fingerprint density at radius 3 is 2.80 bits per heavy atom. The topological polar surface area (TPSA) is 74.2 Å². The molecule has 0 aliphatic rings. The molecule has 0 aliphatic carbocycles. The molecule has 1 heterocycles. The van der Waals surface area contributed by atoms with E-state index in [0.29, 0.717) is 11.3 Å². The first-order valence-corrected chi connectivity index (χ1v) is 6.46. The van der Waals surface area contributed by atoms with Crippen LogP contribution in [0.2, 0.25) is 0 Å². The maximum Gasteiger partial charge on any atom is 0.323 e. The zero-order chi connectivity index (χ0) is 14.5. The fourth-order valence-electron chi connectivity index (χ4n) is 1.57. The van der Waals surface area contributed by atoms with Gasteiger partial charge >= 0.3 is 6.03 Å². The fraction of sp³-hybridized carbons (Fsp3) is 0.0769. The smallest absolute Gasteiger partial charge is 0.323 e. The molecule has 0 bridgehead atoms. The molecule has 1 aromatic heterocycles. The lowest BCUT2D eigenvalue weighted by Gasteiger charge is -2.11. The van der Waals surface area contributed by atoms with Crippen LogP contribution in [0.3, 0.4) is 0 Å². The molecule has 0 fully saturated rings. The first-order chi connectivity index (χ1) is 9.58. The van der Waals surface area contributed by atoms with Crippen LogP contribution in [0.15, 0.2) is 41.0 Å². The minimum Gasteiger partial charge on any atom is -0.392 e. The average Bonchev–Trinajstić information content (AvgIpc) is 2.38. The van der Waals surface area contributed by atoms with Crippen LogP contribution in [-0.2, 0) is 6.61 Å². The van der Waals surface area contributed by atoms with Gasteiger partial charge in [-0.15, -0.1) is 0 Å². The number of benzene rings is 1. The monoisotopic (exact) mass is 339 g/mol. The summed E-state index contributed by atoms with van der Waals surface area (Å²) >= 11 is 3.28. The maximum atomic E-state index is 12.9. The number of hydrogen-bond donors (Lipinski definition) is 3. The van der Waals surface area contributed by atoms with Crippen molar-refractivity contribution in [3.8, 4) is 0 Å². The highest BCUT2D eigenvalue weighted by Crippen LogP contribution is 2.21. The van der Waals surface area contributed by atoms with Gasteiger partial charge in [0, 0.05) is 33.7 Å². The molecule has 104 valence electrons. The third-order valence-electron chi connectivity index (χ3n) is 2.47. The molecular weight excluding hydrogens is 329 g/mol. The van der Waals surface area contributed by atoms with Gasteiger partial charge in [-0.05, 0) is 18.2 Å². The lowest BCUT2D eigenvalue weighted by atomic mass is 10.2. The van der Waals surface area contributed by atoms with Crippen molar-refractivity contribution in [2.45, 2.75) is 6.61 Å². The number of pyridine rings is 1. The zero-order valence-electron chi connectivity index (χ0n) is 10.2. The Kier molecular flexibility index (Phi) is 4.65. The normalized spacial score (nSPS) is 10.2. The van der Waals surface area contributed by atoms with Gasteiger partial charge in [-0.2, -0.15) is 4.39 Å². The molecule has 0 spiro atoms. The van der Waals surface area contributed by atoms with Gasteiger partial charge in [0.15, 0.2) is 0 Å². The summed E-state index contributed by atoms with van der Waals surface area (Å²) in [5, 5.41) is 14.3. The molecule has 0 aliphatic heterocycles. The number of carbonyl (C=O) groups is 1. The van der Waals surface area contributed by atoms with Gasteiger partial charge < -0.3 is 15.7 Å². The molecule has 1 aromatic carbocycles. The number of hydrogen-bond acceptors (Lipinski definition) is 3. The van der Waals surface area contributed by atoms with Crippen molar-refractivity contribution in [2.75, 3.05) is 10.6 Å². The lowest BCUT2D eigenvalue weighted by Crippen LogP contribution is -2.20. The maximum absolute atomic E-state index is 12.9. The molecule has 0 atom stereocenters. The number of nitrogens with zero attached hydrogens (tertiary/aromatic N) is 1. The Bertz CT molecular complexity index is 637. The van der Waals surface area contributed by atoms with Gasteiger partial charge in [-0.3, -0.25) is 0 Å². The number of anilines is 2. The predicted octanol–water partition coefficient (Wildman–Crippen LogP) is 3.12. The SMILES string of the molecule is O=C(Nc1ccnc(F)c1)Nc1cc(Br)ccc1CO. The molecule has 0 radical (unpaired) electrons. The Hall–Kier alpha value is -1.99. The van der Waals surface area contributed by atoms with Crippen LogP contribution >= 0.6 is 15.9 Å². The minimum atomic E-state index is -0.679. The van der Waals surface area contributed by atoms with Gasteiger partial charge in [0.25, 0.3) is 0 Å². The molecule has 5 nitrogen and oxygen atoms in total. The second kappa shape index (κ2) is 6.44. The van der Waals surface area contributed by atoms with E-state index in [4.69, 9.17) is 0 Å². The van der Waals surface area contributed by atoms with E-state index in [0.717, 1.165) is 10.5 Å². The molecule has 3 N–H and O–H groups in total. The van der Waals surface area contributed by atoms with Crippen molar-refractivity contribution < 1.29 is 14.3 Å². The Balaban J connectivity index is 2.10. The second-order valence-corrected chi connectivity index (χ2v) is 4.82. The van der Waals surface area contributed by atoms with Gasteiger partial charge in [0.05, 0.1) is 6.61 Å². The number of halogens is 2. The third kappa shape index (κ3) is 3.75. The number of carbonyl (C=O) groups excluding carboxylic acids is 1. The van der Waals surface area contributed by atoms with Crippen LogP contribution < -0.4 is 10.6 Å². The Morgan fingerprint density at radius 2 is 2.10 bits per heavy atom. The first-order valence-electron chi connectivity index (χ1n) is 5.67. The third-order valence-corrected chi connectivity index (χ3v) is 2.97. The summed E-state index contributed by atoms with van der Waals surface area (Å²) in [5.74, 6) is -0.679. The lowest BCUT2D eigenvalue weighted by molar-refractivity contribution is 0.262. The molecule has 0 unspecified atom stereocenters. The molecular formula is C13H11BrFN3O2. The number of urea groups is 1. The van der Waals surface area contributed by atoms with Crippen LogP contribution in [0.1, 0.15) is 5.56 Å². The van der Waals surface area contributed by atoms with Gasteiger partial charge in [-0.25, -0.2) is 9.78 Å². The quantitative estimate of drug-likeness (QED) is 0.752. The van der Waals surface area contributed by atoms with E-state index in [9.17, 15) is 14.3 Å². The molecule has 0 saturated carbocycles. The van der Waals surface area contributed by atoms with Crippen LogP contribution in [-0.4, -0.2) is 16.1 Å². The number of nitrogens with one attached hydrogen (secondary N) is 2. The van der Waals surface area contributed by atoms with E-state index < -0.39 is 12.0 Å². The first kappa shape index (κ1) is 14.4. The molecule has 2 aromatic rings. The zero-order valence-corrected chi connectivity index (χ0v) is 11.8. The number of aliphatic hydroxyl groups excluding tert-OH is 1. The average molecular weight is 340 g/mol. The van der Waals surface area contributed by atoms with Crippen LogP contribution in [0.5, 0.6) is 0 Å². The van der Waals surface area contributed by atoms with Crippen molar-refractivity contribution in [3.05, 3.63) is 52.5 Å². The second-order valence-electron chi connectivity index (χ2n) is 3.91. The van der Waals surface area contributed by atoms with Crippen LogP contribution in [0, 0.1) is 5.95 Å². The molecule has 20 heavy (non-hydrogen) atoms. The largest absolute Gasteiger partial charge is 0.392 e. The van der Waals surface area contributed by atoms with Crippen LogP contribution in [0.4, 0.5) is 20.6 Å². The molecule has 2 amide bonds. The standard InChI is InChI=1S/C13H11BrFN3O2/c14-9-2-1-8(7-19)11(5-9)18-13(20)17-10-3-4-16-12(15)6-10/h1-6,19H,7H2,(H2,16,17,18,20). The van der Waals surface area contributed by atoms with Gasteiger partial charge in [0.2, 0.25) is 5.95 Å². The van der Waals surface area contributed by atoms with Crippen molar-refractivity contribution in [1.82, 2.24) is 4.98 Å². The van der Waals surface area contributed by atoms with Crippen molar-refractivity contribution in [3.63, 3.8) is 0 Å². The highest BCUT2D eigenvalue weighted by atomic mass is 79.9. The van der Waals surface area contributed by atoms with E-state index in [2.05, 4.69) is 31.5 Å². The molecule has 0 saturated heterocycles. The Labute approximate surface area is 123 Å². The summed E-state index contributed by atoms with van der Waals surface area (Å²) in [6.45, 7) is -0.202. The summed E-state index contributed by atoms with van der Waals surface area (Å²) in [6, 6.07) is 7.14. The number of aliphatic hydroxyl groups is 1. The summed E-state index contributed by atoms with van der Waals surface area (Å²) < 4.78 is 13.7. The summed E-state index contributed by atoms with van der Waals surface area (Å²) in [6.07, 6.45) is 1.25. The van der Waals surface area contributed by atoms with E-state index in [1.807, 2.05) is 0 Å². The van der Waals surface area contributed by atoms with Gasteiger partial charge in [0.1, 0.15) is 0 Å². The van der Waals surface area contributed by atoms with E-state index >= 15 is 0 Å². The number of aromatic nitrogens is 1.